The number of benzene rings is 1. The van der Waals surface area contributed by atoms with Gasteiger partial charge in [-0.15, -0.1) is 32.2 Å². The number of pyridine rings is 2. The molecule has 1 radical (unpaired) electrons. The molecule has 0 aliphatic rings. The number of hydrogen-bond acceptors (Lipinski definition) is 14. The summed E-state index contributed by atoms with van der Waals surface area (Å²) in [6.07, 6.45) is 3.81. The number of methoxy groups -OCH3 is 2. The summed E-state index contributed by atoms with van der Waals surface area (Å²) in [4.78, 5) is 13.3. The molecular weight excluding hydrogens is 721 g/mol. The van der Waals surface area contributed by atoms with E-state index in [0.29, 0.717) is 0 Å². The molecule has 0 bridgehead atoms. The van der Waals surface area contributed by atoms with Crippen LogP contribution in [0.1, 0.15) is 44.8 Å². The van der Waals surface area contributed by atoms with E-state index in [1.807, 2.05) is 38.0 Å². The Morgan fingerprint density at radius 2 is 1.09 bits per heavy atom. The maximum atomic E-state index is 8.49. The molecule has 0 atom stereocenters. The zero-order valence-electron chi connectivity index (χ0n) is 26.7. The molecule has 0 fully saturated rings. The van der Waals surface area contributed by atoms with Crippen LogP contribution in [0.2, 0.25) is 0 Å². The number of halogens is 2. The molecule has 2 aromatic heterocycles. The third-order valence-corrected chi connectivity index (χ3v) is 7.40. The number of thioether (sulfide) groups is 1. The standard InChI is InChI=1S/C28H37N3O2S.2ClHO4.Cu.H2O/c1-18-9-10-26(19(2)13-18)34-12-11-31(16-24-22(5)27(32-7)20(3)14-29-24)17-25-23(6)28(33-8)21(4)15-30-25;2*2-1(3,4)5;;/h9-10,13-15H,11-12,16-17H2,1-8H3;2*(H,2,3,4,5);;1H2/q;;;+2;/p-1. The van der Waals surface area contributed by atoms with Crippen LogP contribution in [0.5, 0.6) is 11.5 Å². The summed E-state index contributed by atoms with van der Waals surface area (Å²) in [5.41, 5.74) is 9.02. The van der Waals surface area contributed by atoms with E-state index >= 15 is 0 Å². The SMILES string of the molecule is COc1c(C)cnc(CN(CCSc2ccc(C)cc2C)Cc2ncc(C)c(OC)c2C)c1C.[Cu+2].[O-][Cl+3]([O-])([O-])[O-].[O-][Cl+3]([O-])([O-])[O-].[OH3+]. The topological polar surface area (TPSA) is 265 Å². The van der Waals surface area contributed by atoms with Crippen LogP contribution in [0, 0.1) is 62.0 Å². The Labute approximate surface area is 288 Å². The minimum Gasteiger partial charge on any atom is -0.496 e. The van der Waals surface area contributed by atoms with Crippen molar-refractivity contribution in [3.05, 3.63) is 75.4 Å². The first-order valence-electron chi connectivity index (χ1n) is 12.9. The second-order valence-corrected chi connectivity index (χ2v) is 12.3. The van der Waals surface area contributed by atoms with Crippen molar-refractivity contribution < 1.29 is 89.8 Å². The fraction of sp³-hybridized carbons (Fsp3) is 0.429. The van der Waals surface area contributed by atoms with Crippen molar-refractivity contribution in [2.75, 3.05) is 26.5 Å². The summed E-state index contributed by atoms with van der Waals surface area (Å²) in [6.45, 7) is 14.9. The van der Waals surface area contributed by atoms with Crippen molar-refractivity contribution in [3.63, 3.8) is 0 Å². The molecule has 3 rings (SSSR count). The fourth-order valence-corrected chi connectivity index (χ4v) is 5.36. The van der Waals surface area contributed by atoms with Gasteiger partial charge in [-0.1, -0.05) is 17.7 Å². The van der Waals surface area contributed by atoms with Crippen molar-refractivity contribution in [3.8, 4) is 11.5 Å². The zero-order chi connectivity index (χ0) is 33.8. The summed E-state index contributed by atoms with van der Waals surface area (Å²) >= 11 is 1.90. The maximum absolute atomic E-state index is 8.49. The smallest absolute Gasteiger partial charge is 0.496 e. The van der Waals surface area contributed by atoms with Crippen LogP contribution in [-0.2, 0) is 35.6 Å². The molecule has 0 saturated carbocycles. The van der Waals surface area contributed by atoms with Gasteiger partial charge in [-0.2, -0.15) is 0 Å². The number of aryl methyl sites for hydroxylation is 4. The molecule has 46 heavy (non-hydrogen) atoms. The molecule has 263 valence electrons. The first-order chi connectivity index (χ1) is 20.2. The Hall–Kier alpha value is -1.83. The van der Waals surface area contributed by atoms with Crippen LogP contribution in [0.4, 0.5) is 0 Å². The number of hydrogen-bond donors (Lipinski definition) is 0. The summed E-state index contributed by atoms with van der Waals surface area (Å²) in [5, 5.41) is 0. The first kappa shape index (κ1) is 46.3. The molecule has 0 saturated heterocycles. The zero-order valence-corrected chi connectivity index (χ0v) is 30.0. The average molecular weight is 761 g/mol. The van der Waals surface area contributed by atoms with Gasteiger partial charge in [0.15, 0.2) is 0 Å². The van der Waals surface area contributed by atoms with E-state index in [9.17, 15) is 0 Å². The van der Waals surface area contributed by atoms with E-state index in [1.54, 1.807) is 14.2 Å². The molecule has 3 N–H and O–H groups in total. The maximum Gasteiger partial charge on any atom is 2.00 e. The minimum atomic E-state index is -4.94. The molecule has 0 amide bonds. The average Bonchev–Trinajstić information content (AvgIpc) is 2.87. The van der Waals surface area contributed by atoms with Gasteiger partial charge in [-0.05, 0) is 53.2 Å². The second-order valence-electron chi connectivity index (χ2n) is 9.68. The largest absolute Gasteiger partial charge is 2.00 e. The van der Waals surface area contributed by atoms with Crippen molar-refractivity contribution in [2.45, 2.75) is 59.5 Å². The van der Waals surface area contributed by atoms with Crippen LogP contribution in [-0.4, -0.2) is 41.4 Å². The van der Waals surface area contributed by atoms with E-state index < -0.39 is 20.5 Å². The van der Waals surface area contributed by atoms with Crippen LogP contribution in [0.3, 0.4) is 0 Å². The number of rotatable bonds is 10. The van der Waals surface area contributed by atoms with E-state index in [0.717, 1.165) is 70.5 Å². The summed E-state index contributed by atoms with van der Waals surface area (Å²) < 4.78 is 79.2. The molecule has 0 aliphatic carbocycles. The molecule has 1 aromatic carbocycles. The normalized spacial score (nSPS) is 10.9. The number of aromatic nitrogens is 2. The Bertz CT molecular complexity index is 1280. The van der Waals surface area contributed by atoms with Crippen LogP contribution >= 0.6 is 11.8 Å². The molecular formula is C28H40Cl2CuN3O11S+. The molecule has 14 nitrogen and oxygen atoms in total. The van der Waals surface area contributed by atoms with Crippen molar-refractivity contribution in [1.82, 2.24) is 14.9 Å². The van der Waals surface area contributed by atoms with Gasteiger partial charge in [0.2, 0.25) is 0 Å². The molecule has 0 unspecified atom stereocenters. The van der Waals surface area contributed by atoms with Gasteiger partial charge < -0.3 is 14.9 Å². The van der Waals surface area contributed by atoms with Crippen molar-refractivity contribution >= 4 is 11.8 Å². The second kappa shape index (κ2) is 21.2. The van der Waals surface area contributed by atoms with Gasteiger partial charge in [0.25, 0.3) is 0 Å². The van der Waals surface area contributed by atoms with E-state index in [2.05, 4.69) is 50.8 Å². The van der Waals surface area contributed by atoms with Crippen LogP contribution in [0.25, 0.3) is 0 Å². The van der Waals surface area contributed by atoms with Crippen LogP contribution in [0.15, 0.2) is 35.5 Å². The van der Waals surface area contributed by atoms with Crippen LogP contribution < -0.4 is 46.7 Å². The molecule has 2 heterocycles. The Morgan fingerprint density at radius 3 is 1.43 bits per heavy atom. The van der Waals surface area contributed by atoms with Gasteiger partial charge in [0.05, 0.1) is 25.6 Å². The molecule has 0 aliphatic heterocycles. The first-order valence-corrected chi connectivity index (χ1v) is 16.3. The number of ether oxygens (including phenoxy) is 2. The summed E-state index contributed by atoms with van der Waals surface area (Å²) in [5.74, 6) is 2.82. The minimum absolute atomic E-state index is 0. The third-order valence-electron chi connectivity index (χ3n) is 6.24. The predicted octanol–water partition coefficient (Wildman–Crippen LogP) is -4.30. The third kappa shape index (κ3) is 17.9. The van der Waals surface area contributed by atoms with E-state index in [-0.39, 0.29) is 22.5 Å². The summed E-state index contributed by atoms with van der Waals surface area (Å²) in [6, 6.07) is 6.66. The number of nitrogens with zero attached hydrogens (tertiary/aromatic N) is 3. The van der Waals surface area contributed by atoms with E-state index in [1.165, 1.54) is 16.0 Å². The van der Waals surface area contributed by atoms with Gasteiger partial charge in [-0.3, -0.25) is 14.9 Å². The van der Waals surface area contributed by atoms with Gasteiger partial charge in [0, 0.05) is 64.9 Å². The monoisotopic (exact) mass is 759 g/mol. The molecule has 3 aromatic rings. The quantitative estimate of drug-likeness (QED) is 0.108. The predicted molar refractivity (Wildman–Crippen MR) is 146 cm³/mol. The van der Waals surface area contributed by atoms with Crippen molar-refractivity contribution in [2.24, 2.45) is 0 Å². The molecule has 18 heteroatoms. The Morgan fingerprint density at radius 1 is 0.696 bits per heavy atom. The fourth-order valence-electron chi connectivity index (χ4n) is 4.34. The van der Waals surface area contributed by atoms with E-state index in [4.69, 9.17) is 56.7 Å². The van der Waals surface area contributed by atoms with Crippen molar-refractivity contribution in [1.29, 1.82) is 0 Å². The van der Waals surface area contributed by atoms with Gasteiger partial charge >= 0.3 is 17.1 Å². The Kier molecular flexibility index (Phi) is 21.3. The van der Waals surface area contributed by atoms with Gasteiger partial charge in [0.1, 0.15) is 11.5 Å². The summed E-state index contributed by atoms with van der Waals surface area (Å²) in [7, 11) is -6.44. The molecule has 0 spiro atoms. The Balaban J connectivity index is 0. The van der Waals surface area contributed by atoms with Gasteiger partial charge in [-0.25, -0.2) is 37.3 Å².